The van der Waals surface area contributed by atoms with Crippen LogP contribution in [0.25, 0.3) is 0 Å². The highest BCUT2D eigenvalue weighted by molar-refractivity contribution is 5.92. The molecule has 3 amide bonds. The summed E-state index contributed by atoms with van der Waals surface area (Å²) in [6.07, 6.45) is -11.2. The molecule has 7 nitrogen and oxygen atoms in total. The third-order valence-electron chi connectivity index (χ3n) is 6.15. The van der Waals surface area contributed by atoms with E-state index in [1.54, 1.807) is 51.1 Å². The standard InChI is InChI=1S/C27H29F6N3O4/c1-25(2,3)40-24(39)36-15-20(37)35(4)22(21(36)17-8-6-5-7-9-17)23(38)34-11-10-16-12-18(26(28,29)30)14-19(13-16)27(31,32)33/h5-9,12-14,21-22H,10-11,15H2,1-4H3,(H,34,38). The van der Waals surface area contributed by atoms with Gasteiger partial charge in [-0.3, -0.25) is 14.5 Å². The van der Waals surface area contributed by atoms with Crippen LogP contribution in [0.4, 0.5) is 31.1 Å². The summed E-state index contributed by atoms with van der Waals surface area (Å²) in [5, 5.41) is 2.50. The third-order valence-corrected chi connectivity index (χ3v) is 6.15. The van der Waals surface area contributed by atoms with Gasteiger partial charge < -0.3 is 15.0 Å². The minimum Gasteiger partial charge on any atom is -0.444 e. The number of amides is 3. The highest BCUT2D eigenvalue weighted by Gasteiger charge is 2.47. The van der Waals surface area contributed by atoms with E-state index in [-0.39, 0.29) is 31.1 Å². The summed E-state index contributed by atoms with van der Waals surface area (Å²) >= 11 is 0. The molecule has 3 rings (SSSR count). The van der Waals surface area contributed by atoms with Gasteiger partial charge in [0.05, 0.1) is 17.2 Å². The SMILES string of the molecule is CN1C(=O)CN(C(=O)OC(C)(C)C)C(c2ccccc2)C1C(=O)NCCc1cc(C(F)(F)F)cc(C(F)(F)F)c1. The average molecular weight is 574 g/mol. The molecule has 1 heterocycles. The first-order valence-electron chi connectivity index (χ1n) is 12.2. The molecule has 1 saturated heterocycles. The van der Waals surface area contributed by atoms with Crippen LogP contribution >= 0.6 is 0 Å². The van der Waals surface area contributed by atoms with E-state index in [1.165, 1.54) is 7.05 Å². The highest BCUT2D eigenvalue weighted by Crippen LogP contribution is 2.37. The zero-order valence-electron chi connectivity index (χ0n) is 22.2. The molecule has 0 saturated carbocycles. The van der Waals surface area contributed by atoms with Crippen molar-refractivity contribution in [2.24, 2.45) is 0 Å². The number of hydrogen-bond donors (Lipinski definition) is 1. The number of ether oxygens (including phenoxy) is 1. The zero-order chi connectivity index (χ0) is 30.0. The Hall–Kier alpha value is -3.77. The van der Waals surface area contributed by atoms with Crippen LogP contribution in [0.1, 0.15) is 49.1 Å². The monoisotopic (exact) mass is 573 g/mol. The van der Waals surface area contributed by atoms with E-state index in [2.05, 4.69) is 5.32 Å². The number of nitrogens with zero attached hydrogens (tertiary/aromatic N) is 2. The molecule has 0 aromatic heterocycles. The zero-order valence-corrected chi connectivity index (χ0v) is 22.2. The van der Waals surface area contributed by atoms with Gasteiger partial charge in [0.2, 0.25) is 11.8 Å². The lowest BCUT2D eigenvalue weighted by molar-refractivity contribution is -0.149. The predicted molar refractivity (Wildman–Crippen MR) is 132 cm³/mol. The highest BCUT2D eigenvalue weighted by atomic mass is 19.4. The van der Waals surface area contributed by atoms with Crippen LogP contribution in [0, 0.1) is 0 Å². The van der Waals surface area contributed by atoms with Gasteiger partial charge in [-0.25, -0.2) is 4.79 Å². The number of halogens is 6. The summed E-state index contributed by atoms with van der Waals surface area (Å²) in [7, 11) is 1.37. The van der Waals surface area contributed by atoms with Gasteiger partial charge in [-0.05, 0) is 56.5 Å². The second-order valence-corrected chi connectivity index (χ2v) is 10.4. The normalized spacial score (nSPS) is 18.5. The molecule has 1 N–H and O–H groups in total. The van der Waals surface area contributed by atoms with Crippen LogP contribution in [-0.4, -0.2) is 59.5 Å². The van der Waals surface area contributed by atoms with Crippen LogP contribution in [-0.2, 0) is 33.1 Å². The molecule has 218 valence electrons. The van der Waals surface area contributed by atoms with E-state index in [0.717, 1.165) is 9.80 Å². The smallest absolute Gasteiger partial charge is 0.416 e. The first kappa shape index (κ1) is 30.8. The molecule has 1 aliphatic rings. The van der Waals surface area contributed by atoms with E-state index < -0.39 is 59.1 Å². The van der Waals surface area contributed by atoms with Crippen LogP contribution in [0.2, 0.25) is 0 Å². The third kappa shape index (κ3) is 7.45. The predicted octanol–water partition coefficient (Wildman–Crippen LogP) is 5.20. The van der Waals surface area contributed by atoms with Crippen molar-refractivity contribution in [3.8, 4) is 0 Å². The van der Waals surface area contributed by atoms with Crippen molar-refractivity contribution >= 4 is 17.9 Å². The minimum atomic E-state index is -5.00. The summed E-state index contributed by atoms with van der Waals surface area (Å²) in [4.78, 5) is 41.5. The van der Waals surface area contributed by atoms with Crippen molar-refractivity contribution in [3.05, 3.63) is 70.8 Å². The molecule has 0 aliphatic carbocycles. The number of piperazine rings is 1. The van der Waals surface area contributed by atoms with Crippen molar-refractivity contribution in [1.29, 1.82) is 0 Å². The molecule has 1 aliphatic heterocycles. The number of alkyl halides is 6. The maximum absolute atomic E-state index is 13.4. The Morgan fingerprint density at radius 3 is 2.00 bits per heavy atom. The molecule has 1 fully saturated rings. The van der Waals surface area contributed by atoms with Gasteiger partial charge in [0.25, 0.3) is 0 Å². The van der Waals surface area contributed by atoms with Crippen LogP contribution in [0.15, 0.2) is 48.5 Å². The summed E-state index contributed by atoms with van der Waals surface area (Å²) < 4.78 is 84.7. The summed E-state index contributed by atoms with van der Waals surface area (Å²) in [5.74, 6) is -1.31. The Morgan fingerprint density at radius 1 is 0.950 bits per heavy atom. The van der Waals surface area contributed by atoms with E-state index in [4.69, 9.17) is 4.74 Å². The quantitative estimate of drug-likeness (QED) is 0.499. The molecule has 0 radical (unpaired) electrons. The fourth-order valence-corrected chi connectivity index (χ4v) is 4.32. The first-order valence-corrected chi connectivity index (χ1v) is 12.2. The number of carbonyl (C=O) groups is 3. The molecule has 2 aromatic carbocycles. The molecule has 2 atom stereocenters. The minimum absolute atomic E-state index is 0.0282. The van der Waals surface area contributed by atoms with Gasteiger partial charge in [0.1, 0.15) is 18.2 Å². The number of hydrogen-bond acceptors (Lipinski definition) is 4. The Balaban J connectivity index is 1.88. The molecular formula is C27H29F6N3O4. The summed E-state index contributed by atoms with van der Waals surface area (Å²) in [6, 6.07) is 7.37. The number of nitrogens with one attached hydrogen (secondary N) is 1. The number of carbonyl (C=O) groups excluding carboxylic acids is 3. The molecule has 0 spiro atoms. The lowest BCUT2D eigenvalue weighted by atomic mass is 9.93. The largest absolute Gasteiger partial charge is 0.444 e. The molecule has 2 aromatic rings. The van der Waals surface area contributed by atoms with E-state index in [9.17, 15) is 40.7 Å². The Kier molecular flexibility index (Phi) is 8.75. The van der Waals surface area contributed by atoms with Crippen molar-refractivity contribution < 1.29 is 45.5 Å². The molecular weight excluding hydrogens is 544 g/mol. The Bertz CT molecular complexity index is 1210. The average Bonchev–Trinajstić information content (AvgIpc) is 2.83. The van der Waals surface area contributed by atoms with E-state index >= 15 is 0 Å². The lowest BCUT2D eigenvalue weighted by Crippen LogP contribution is -2.63. The molecule has 0 bridgehead atoms. The van der Waals surface area contributed by atoms with Gasteiger partial charge in [-0.15, -0.1) is 0 Å². The van der Waals surface area contributed by atoms with Gasteiger partial charge in [-0.1, -0.05) is 30.3 Å². The molecule has 2 unspecified atom stereocenters. The number of likely N-dealkylation sites (N-methyl/N-ethyl adjacent to an activating group) is 1. The number of rotatable bonds is 5. The first-order chi connectivity index (χ1) is 18.4. The maximum Gasteiger partial charge on any atom is 0.416 e. The molecule has 13 heteroatoms. The Labute approximate surface area is 227 Å². The van der Waals surface area contributed by atoms with Gasteiger partial charge in [0.15, 0.2) is 0 Å². The topological polar surface area (TPSA) is 79.0 Å². The van der Waals surface area contributed by atoms with Crippen molar-refractivity contribution in [3.63, 3.8) is 0 Å². The lowest BCUT2D eigenvalue weighted by Gasteiger charge is -2.45. The van der Waals surface area contributed by atoms with Crippen molar-refractivity contribution in [1.82, 2.24) is 15.1 Å². The maximum atomic E-state index is 13.4. The fraction of sp³-hybridized carbons (Fsp3) is 0.444. The van der Waals surface area contributed by atoms with Crippen LogP contribution < -0.4 is 5.32 Å². The summed E-state index contributed by atoms with van der Waals surface area (Å²) in [5.41, 5.74) is -3.59. The molecule has 40 heavy (non-hydrogen) atoms. The van der Waals surface area contributed by atoms with E-state index in [1.807, 2.05) is 0 Å². The van der Waals surface area contributed by atoms with Gasteiger partial charge in [-0.2, -0.15) is 26.3 Å². The van der Waals surface area contributed by atoms with Crippen LogP contribution in [0.3, 0.4) is 0 Å². The van der Waals surface area contributed by atoms with Gasteiger partial charge in [0, 0.05) is 13.6 Å². The Morgan fingerprint density at radius 2 is 1.50 bits per heavy atom. The van der Waals surface area contributed by atoms with Crippen molar-refractivity contribution in [2.45, 2.75) is 57.2 Å². The summed E-state index contributed by atoms with van der Waals surface area (Å²) in [6.45, 7) is 4.22. The van der Waals surface area contributed by atoms with E-state index in [0.29, 0.717) is 17.7 Å². The second kappa shape index (κ2) is 11.4. The van der Waals surface area contributed by atoms with Crippen molar-refractivity contribution in [2.75, 3.05) is 20.1 Å². The van der Waals surface area contributed by atoms with Gasteiger partial charge >= 0.3 is 18.4 Å². The second-order valence-electron chi connectivity index (χ2n) is 10.4. The fourth-order valence-electron chi connectivity index (χ4n) is 4.32. The number of benzene rings is 2. The van der Waals surface area contributed by atoms with Crippen LogP contribution in [0.5, 0.6) is 0 Å².